The second-order valence-electron chi connectivity index (χ2n) is 5.86. The van der Waals surface area contributed by atoms with Crippen LogP contribution in [0.25, 0.3) is 11.1 Å². The van der Waals surface area contributed by atoms with Gasteiger partial charge in [0.15, 0.2) is 5.58 Å². The number of rotatable bonds is 2. The Bertz CT molecular complexity index is 564. The van der Waals surface area contributed by atoms with E-state index in [1.807, 2.05) is 24.3 Å². The Labute approximate surface area is 118 Å². The zero-order valence-electron chi connectivity index (χ0n) is 11.8. The Hall–Kier alpha value is -1.59. The minimum absolute atomic E-state index is 0.665. The summed E-state index contributed by atoms with van der Waals surface area (Å²) in [5.41, 5.74) is 1.83. The smallest absolute Gasteiger partial charge is 0.298 e. The van der Waals surface area contributed by atoms with Gasteiger partial charge < -0.3 is 14.2 Å². The molecular formula is C15H20N4O. The van der Waals surface area contributed by atoms with Crippen LogP contribution >= 0.6 is 0 Å². The lowest BCUT2D eigenvalue weighted by Gasteiger charge is -2.47. The fourth-order valence-electron chi connectivity index (χ4n) is 3.02. The summed E-state index contributed by atoms with van der Waals surface area (Å²) >= 11 is 0. The molecule has 2 fully saturated rings. The number of oxazole rings is 1. The van der Waals surface area contributed by atoms with Gasteiger partial charge in [0.25, 0.3) is 6.01 Å². The number of nitrogens with zero attached hydrogens (tertiary/aromatic N) is 4. The molecule has 2 aliphatic rings. The molecule has 0 amide bonds. The van der Waals surface area contributed by atoms with Crippen molar-refractivity contribution in [2.24, 2.45) is 0 Å². The fraction of sp³-hybridized carbons (Fsp3) is 0.533. The van der Waals surface area contributed by atoms with E-state index in [0.717, 1.165) is 30.2 Å². The zero-order valence-corrected chi connectivity index (χ0v) is 11.8. The molecule has 0 N–H and O–H groups in total. The topological polar surface area (TPSA) is 35.8 Å². The molecular weight excluding hydrogens is 252 g/mol. The van der Waals surface area contributed by atoms with Crippen LogP contribution in [0.5, 0.6) is 0 Å². The summed E-state index contributed by atoms with van der Waals surface area (Å²) in [7, 11) is 2.20. The molecule has 0 saturated carbocycles. The van der Waals surface area contributed by atoms with Gasteiger partial charge in [0, 0.05) is 45.3 Å². The van der Waals surface area contributed by atoms with Crippen molar-refractivity contribution < 1.29 is 4.42 Å². The molecule has 0 bridgehead atoms. The van der Waals surface area contributed by atoms with Crippen molar-refractivity contribution in [2.45, 2.75) is 6.04 Å². The first-order chi connectivity index (χ1) is 9.79. The SMILES string of the molecule is CN1CCN(C2CN(c3nc4ccccc4o3)C2)CC1. The number of benzene rings is 1. The third-order valence-electron chi connectivity index (χ3n) is 4.47. The lowest BCUT2D eigenvalue weighted by Crippen LogP contribution is -2.63. The molecule has 20 heavy (non-hydrogen) atoms. The molecule has 4 rings (SSSR count). The van der Waals surface area contributed by atoms with E-state index in [2.05, 4.69) is 26.7 Å². The Morgan fingerprint density at radius 1 is 1.10 bits per heavy atom. The number of fused-ring (bicyclic) bond motifs is 1. The molecule has 2 aromatic rings. The summed E-state index contributed by atoms with van der Waals surface area (Å²) in [6.45, 7) is 6.80. The molecule has 5 heteroatoms. The molecule has 5 nitrogen and oxygen atoms in total. The van der Waals surface area contributed by atoms with Crippen molar-refractivity contribution in [3.05, 3.63) is 24.3 Å². The average molecular weight is 272 g/mol. The Kier molecular flexibility index (Phi) is 2.89. The number of hydrogen-bond acceptors (Lipinski definition) is 5. The molecule has 2 aliphatic heterocycles. The Morgan fingerprint density at radius 3 is 2.60 bits per heavy atom. The number of aromatic nitrogens is 1. The standard InChI is InChI=1S/C15H20N4O/c1-17-6-8-18(9-7-17)12-10-19(11-12)15-16-13-4-2-3-5-14(13)20-15/h2-5,12H,6-11H2,1H3. The summed E-state index contributed by atoms with van der Waals surface area (Å²) in [5, 5.41) is 0. The number of anilines is 1. The van der Waals surface area contributed by atoms with Crippen molar-refractivity contribution in [3.63, 3.8) is 0 Å². The monoisotopic (exact) mass is 272 g/mol. The maximum absolute atomic E-state index is 5.81. The third kappa shape index (κ3) is 2.07. The lowest BCUT2D eigenvalue weighted by molar-refractivity contribution is 0.0945. The normalized spacial score (nSPS) is 22.4. The maximum atomic E-state index is 5.81. The van der Waals surface area contributed by atoms with Crippen LogP contribution < -0.4 is 4.90 Å². The van der Waals surface area contributed by atoms with Crippen LogP contribution in [0.15, 0.2) is 28.7 Å². The highest BCUT2D eigenvalue weighted by Gasteiger charge is 2.35. The van der Waals surface area contributed by atoms with Gasteiger partial charge >= 0.3 is 0 Å². The van der Waals surface area contributed by atoms with Crippen LogP contribution in [0.1, 0.15) is 0 Å². The zero-order chi connectivity index (χ0) is 13.5. The Balaban J connectivity index is 1.40. The van der Waals surface area contributed by atoms with E-state index < -0.39 is 0 Å². The average Bonchev–Trinajstić information content (AvgIpc) is 2.82. The summed E-state index contributed by atoms with van der Waals surface area (Å²) in [4.78, 5) is 11.8. The molecule has 3 heterocycles. The van der Waals surface area contributed by atoms with Gasteiger partial charge in [-0.25, -0.2) is 0 Å². The molecule has 0 atom stereocenters. The van der Waals surface area contributed by atoms with Gasteiger partial charge in [-0.05, 0) is 19.2 Å². The highest BCUT2D eigenvalue weighted by Crippen LogP contribution is 2.27. The highest BCUT2D eigenvalue weighted by atomic mass is 16.4. The summed E-state index contributed by atoms with van der Waals surface area (Å²) in [5.74, 6) is 0. The van der Waals surface area contributed by atoms with Crippen LogP contribution in [-0.4, -0.2) is 67.1 Å². The molecule has 0 spiro atoms. The van der Waals surface area contributed by atoms with Gasteiger partial charge in [0.2, 0.25) is 0 Å². The molecule has 0 unspecified atom stereocenters. The third-order valence-corrected chi connectivity index (χ3v) is 4.47. The van der Waals surface area contributed by atoms with Gasteiger partial charge in [-0.1, -0.05) is 12.1 Å². The number of likely N-dealkylation sites (N-methyl/N-ethyl adjacent to an activating group) is 1. The summed E-state index contributed by atoms with van der Waals surface area (Å²) in [6, 6.07) is 9.40. The van der Waals surface area contributed by atoms with E-state index in [1.165, 1.54) is 26.2 Å². The lowest BCUT2D eigenvalue weighted by atomic mass is 10.1. The molecule has 1 aromatic heterocycles. The van der Waals surface area contributed by atoms with Crippen LogP contribution in [0.2, 0.25) is 0 Å². The van der Waals surface area contributed by atoms with Gasteiger partial charge in [-0.3, -0.25) is 4.90 Å². The van der Waals surface area contributed by atoms with E-state index in [1.54, 1.807) is 0 Å². The second-order valence-corrected chi connectivity index (χ2v) is 5.86. The van der Waals surface area contributed by atoms with E-state index in [-0.39, 0.29) is 0 Å². The van der Waals surface area contributed by atoms with Crippen LogP contribution in [0.4, 0.5) is 6.01 Å². The van der Waals surface area contributed by atoms with Crippen LogP contribution in [0, 0.1) is 0 Å². The number of hydrogen-bond donors (Lipinski definition) is 0. The van der Waals surface area contributed by atoms with E-state index >= 15 is 0 Å². The number of para-hydroxylation sites is 2. The van der Waals surface area contributed by atoms with Crippen LogP contribution in [-0.2, 0) is 0 Å². The molecule has 0 radical (unpaired) electrons. The quantitative estimate of drug-likeness (QED) is 0.822. The molecule has 106 valence electrons. The maximum Gasteiger partial charge on any atom is 0.298 e. The van der Waals surface area contributed by atoms with E-state index in [0.29, 0.717) is 6.04 Å². The van der Waals surface area contributed by atoms with E-state index in [9.17, 15) is 0 Å². The predicted octanol–water partition coefficient (Wildman–Crippen LogP) is 1.26. The van der Waals surface area contributed by atoms with Crippen molar-refractivity contribution in [1.29, 1.82) is 0 Å². The summed E-state index contributed by atoms with van der Waals surface area (Å²) < 4.78 is 5.81. The first-order valence-corrected chi connectivity index (χ1v) is 7.33. The minimum atomic E-state index is 0.665. The van der Waals surface area contributed by atoms with Crippen molar-refractivity contribution in [2.75, 3.05) is 51.2 Å². The highest BCUT2D eigenvalue weighted by molar-refractivity contribution is 5.74. The van der Waals surface area contributed by atoms with Crippen molar-refractivity contribution in [1.82, 2.24) is 14.8 Å². The van der Waals surface area contributed by atoms with E-state index in [4.69, 9.17) is 4.42 Å². The predicted molar refractivity (Wildman–Crippen MR) is 79.1 cm³/mol. The fourth-order valence-corrected chi connectivity index (χ4v) is 3.02. The Morgan fingerprint density at radius 2 is 1.85 bits per heavy atom. The molecule has 0 aliphatic carbocycles. The van der Waals surface area contributed by atoms with Crippen molar-refractivity contribution in [3.8, 4) is 0 Å². The van der Waals surface area contributed by atoms with Crippen molar-refractivity contribution >= 4 is 17.1 Å². The van der Waals surface area contributed by atoms with Gasteiger partial charge in [0.1, 0.15) is 5.52 Å². The second kappa shape index (κ2) is 4.75. The van der Waals surface area contributed by atoms with Crippen LogP contribution in [0.3, 0.4) is 0 Å². The molecule has 1 aromatic carbocycles. The minimum Gasteiger partial charge on any atom is -0.423 e. The number of piperazine rings is 1. The molecule has 2 saturated heterocycles. The summed E-state index contributed by atoms with van der Waals surface area (Å²) in [6.07, 6.45) is 0. The largest absolute Gasteiger partial charge is 0.423 e. The first-order valence-electron chi connectivity index (χ1n) is 7.33. The van der Waals surface area contributed by atoms with Gasteiger partial charge in [-0.2, -0.15) is 4.98 Å². The van der Waals surface area contributed by atoms with Gasteiger partial charge in [-0.15, -0.1) is 0 Å². The first kappa shape index (κ1) is 12.2. The van der Waals surface area contributed by atoms with Gasteiger partial charge in [0.05, 0.1) is 0 Å².